The molecule has 1 aliphatic heterocycles. The van der Waals surface area contributed by atoms with Gasteiger partial charge in [0.2, 0.25) is 5.88 Å². The Hall–Kier alpha value is -3.14. The van der Waals surface area contributed by atoms with Crippen molar-refractivity contribution in [1.82, 2.24) is 0 Å². The monoisotopic (exact) mass is 348 g/mol. The summed E-state index contributed by atoms with van der Waals surface area (Å²) in [6.07, 6.45) is 5.65. The fraction of sp³-hybridized carbons (Fsp3) is 0.182. The summed E-state index contributed by atoms with van der Waals surface area (Å²) in [7, 11) is 0. The number of benzene rings is 2. The Morgan fingerprint density at radius 2 is 1.92 bits per heavy atom. The van der Waals surface area contributed by atoms with E-state index in [0.717, 1.165) is 41.8 Å². The van der Waals surface area contributed by atoms with Crippen molar-refractivity contribution in [3.05, 3.63) is 85.0 Å². The van der Waals surface area contributed by atoms with Gasteiger partial charge in [-0.3, -0.25) is 0 Å². The number of fused-ring (bicyclic) bond motifs is 1. The van der Waals surface area contributed by atoms with Gasteiger partial charge in [-0.1, -0.05) is 36.9 Å². The maximum Gasteiger partial charge on any atom is 0.200 e. The first-order valence-corrected chi connectivity index (χ1v) is 8.85. The number of hydrogen-bond acceptors (Lipinski definition) is 4. The largest absolute Gasteiger partial charge is 0.456 e. The van der Waals surface area contributed by atoms with E-state index in [9.17, 15) is 0 Å². The Kier molecular flexibility index (Phi) is 5.64. The summed E-state index contributed by atoms with van der Waals surface area (Å²) in [4.78, 5) is 2.13. The minimum absolute atomic E-state index is 0.561. The van der Waals surface area contributed by atoms with E-state index in [1.165, 1.54) is 0 Å². The fourth-order valence-electron chi connectivity index (χ4n) is 2.81. The number of anilines is 2. The number of allylic oxidation sites excluding steroid dienone is 3. The van der Waals surface area contributed by atoms with E-state index in [1.807, 2.05) is 60.7 Å². The zero-order valence-electron chi connectivity index (χ0n) is 15.2. The molecule has 0 atom stereocenters. The van der Waals surface area contributed by atoms with E-state index < -0.39 is 0 Å². The van der Waals surface area contributed by atoms with Crippen molar-refractivity contribution >= 4 is 11.4 Å². The smallest absolute Gasteiger partial charge is 0.200 e. The van der Waals surface area contributed by atoms with Gasteiger partial charge in [-0.05, 0) is 50.3 Å². The third-order valence-corrected chi connectivity index (χ3v) is 3.97. The molecular formula is C22H24N2O2. The highest BCUT2D eigenvalue weighted by molar-refractivity contribution is 5.66. The van der Waals surface area contributed by atoms with Crippen LogP contribution in [0.5, 0.6) is 11.5 Å². The Balaban J connectivity index is 1.67. The van der Waals surface area contributed by atoms with Gasteiger partial charge in [0.15, 0.2) is 5.75 Å². The lowest BCUT2D eigenvalue weighted by Crippen LogP contribution is -2.18. The van der Waals surface area contributed by atoms with Crippen molar-refractivity contribution in [2.45, 2.75) is 13.8 Å². The zero-order chi connectivity index (χ0) is 18.4. The van der Waals surface area contributed by atoms with Crippen molar-refractivity contribution < 1.29 is 9.47 Å². The lowest BCUT2D eigenvalue weighted by molar-refractivity contribution is 0.439. The molecule has 3 rings (SSSR count). The lowest BCUT2D eigenvalue weighted by atomic mass is 10.3. The first kappa shape index (κ1) is 17.7. The molecular weight excluding hydrogens is 324 g/mol. The van der Waals surface area contributed by atoms with E-state index in [2.05, 4.69) is 36.7 Å². The van der Waals surface area contributed by atoms with Crippen molar-refractivity contribution in [1.29, 1.82) is 0 Å². The van der Waals surface area contributed by atoms with Crippen LogP contribution in [0.4, 0.5) is 11.4 Å². The average Bonchev–Trinajstić information content (AvgIpc) is 3.01. The molecule has 4 heteroatoms. The van der Waals surface area contributed by atoms with Crippen molar-refractivity contribution in [3.63, 3.8) is 0 Å². The number of hydrogen-bond donors (Lipinski definition) is 1. The maximum atomic E-state index is 5.92. The number of rotatable bonds is 7. The van der Waals surface area contributed by atoms with Crippen LogP contribution in [0.15, 0.2) is 85.0 Å². The second-order valence-electron chi connectivity index (χ2n) is 5.77. The summed E-state index contributed by atoms with van der Waals surface area (Å²) in [6, 6.07) is 15.8. The Morgan fingerprint density at radius 1 is 1.15 bits per heavy atom. The standard InChI is InChI=1S/C22H24N2O2/c1-4-23-18-12-6-8-14-20(18)25-17(3)11-10-16-22-24(5-2)19-13-7-9-15-21(19)26-22/h6-16,23H,3-5H2,1-2H3. The molecule has 0 fully saturated rings. The van der Waals surface area contributed by atoms with Crippen LogP contribution in [0, 0.1) is 0 Å². The predicted molar refractivity (Wildman–Crippen MR) is 108 cm³/mol. The summed E-state index contributed by atoms with van der Waals surface area (Å²) in [5.74, 6) is 3.00. The van der Waals surface area contributed by atoms with Crippen LogP contribution in [0.25, 0.3) is 0 Å². The van der Waals surface area contributed by atoms with Crippen LogP contribution >= 0.6 is 0 Å². The quantitative estimate of drug-likeness (QED) is 0.542. The number of nitrogens with zero attached hydrogens (tertiary/aromatic N) is 1. The summed E-state index contributed by atoms with van der Waals surface area (Å²) in [5.41, 5.74) is 2.04. The van der Waals surface area contributed by atoms with Crippen molar-refractivity contribution in [2.24, 2.45) is 0 Å². The highest BCUT2D eigenvalue weighted by atomic mass is 16.5. The summed E-state index contributed by atoms with van der Waals surface area (Å²) in [6.45, 7) is 9.80. The molecule has 1 heterocycles. The first-order chi connectivity index (χ1) is 12.7. The second kappa shape index (κ2) is 8.30. The highest BCUT2D eigenvalue weighted by Gasteiger charge is 2.23. The summed E-state index contributed by atoms with van der Waals surface area (Å²) in [5, 5.41) is 3.28. The molecule has 2 aromatic carbocycles. The molecule has 4 nitrogen and oxygen atoms in total. The van der Waals surface area contributed by atoms with Crippen LogP contribution in [0.3, 0.4) is 0 Å². The Bertz CT molecular complexity index is 840. The zero-order valence-corrected chi connectivity index (χ0v) is 15.2. The molecule has 0 unspecified atom stereocenters. The third-order valence-electron chi connectivity index (χ3n) is 3.97. The van der Waals surface area contributed by atoms with Gasteiger partial charge >= 0.3 is 0 Å². The molecule has 0 amide bonds. The maximum absolute atomic E-state index is 5.92. The fourth-order valence-corrected chi connectivity index (χ4v) is 2.81. The number of nitrogens with one attached hydrogen (secondary N) is 1. The molecule has 2 aromatic rings. The van der Waals surface area contributed by atoms with Crippen molar-refractivity contribution in [3.8, 4) is 11.5 Å². The molecule has 0 aliphatic carbocycles. The molecule has 0 saturated heterocycles. The average molecular weight is 348 g/mol. The molecule has 1 aliphatic rings. The normalized spacial score (nSPS) is 14.4. The minimum atomic E-state index is 0.561. The van der Waals surface area contributed by atoms with Gasteiger partial charge in [0.1, 0.15) is 11.5 Å². The van der Waals surface area contributed by atoms with E-state index in [-0.39, 0.29) is 0 Å². The molecule has 0 aromatic heterocycles. The second-order valence-corrected chi connectivity index (χ2v) is 5.77. The summed E-state index contributed by atoms with van der Waals surface area (Å²) < 4.78 is 11.8. The highest BCUT2D eigenvalue weighted by Crippen LogP contribution is 2.38. The number of para-hydroxylation sites is 4. The van der Waals surface area contributed by atoms with E-state index in [1.54, 1.807) is 0 Å². The van der Waals surface area contributed by atoms with Gasteiger partial charge in [0.25, 0.3) is 0 Å². The Morgan fingerprint density at radius 3 is 2.73 bits per heavy atom. The molecule has 1 N–H and O–H groups in total. The van der Waals surface area contributed by atoms with E-state index >= 15 is 0 Å². The van der Waals surface area contributed by atoms with Gasteiger partial charge in [-0.25, -0.2) is 0 Å². The third kappa shape index (κ3) is 3.91. The predicted octanol–water partition coefficient (Wildman–Crippen LogP) is 5.33. The van der Waals surface area contributed by atoms with Gasteiger partial charge in [-0.15, -0.1) is 0 Å². The van der Waals surface area contributed by atoms with Crippen LogP contribution < -0.4 is 19.7 Å². The minimum Gasteiger partial charge on any atom is -0.456 e. The van der Waals surface area contributed by atoms with Gasteiger partial charge in [0, 0.05) is 13.1 Å². The molecule has 0 bridgehead atoms. The molecule has 0 radical (unpaired) electrons. The van der Waals surface area contributed by atoms with E-state index in [4.69, 9.17) is 9.47 Å². The molecule has 134 valence electrons. The molecule has 0 spiro atoms. The first-order valence-electron chi connectivity index (χ1n) is 8.85. The van der Waals surface area contributed by atoms with E-state index in [0.29, 0.717) is 5.76 Å². The SMILES string of the molecule is C=C(C=CC=C1Oc2ccccc2N1CC)Oc1ccccc1NCC. The van der Waals surface area contributed by atoms with Crippen molar-refractivity contribution in [2.75, 3.05) is 23.3 Å². The Labute approximate surface area is 155 Å². The lowest BCUT2D eigenvalue weighted by Gasteiger charge is -2.14. The van der Waals surface area contributed by atoms with Crippen LogP contribution in [0.2, 0.25) is 0 Å². The number of ether oxygens (including phenoxy) is 2. The van der Waals surface area contributed by atoms with Crippen LogP contribution in [0.1, 0.15) is 13.8 Å². The summed E-state index contributed by atoms with van der Waals surface area (Å²) >= 11 is 0. The van der Waals surface area contributed by atoms with Gasteiger partial charge < -0.3 is 19.7 Å². The topological polar surface area (TPSA) is 33.7 Å². The van der Waals surface area contributed by atoms with Crippen LogP contribution in [-0.2, 0) is 0 Å². The van der Waals surface area contributed by atoms with Crippen LogP contribution in [-0.4, -0.2) is 13.1 Å². The molecule has 26 heavy (non-hydrogen) atoms. The molecule has 0 saturated carbocycles. The van der Waals surface area contributed by atoms with Gasteiger partial charge in [0.05, 0.1) is 11.4 Å². The van der Waals surface area contributed by atoms with Gasteiger partial charge in [-0.2, -0.15) is 0 Å².